The normalized spacial score (nSPS) is 12.4. The predicted octanol–water partition coefficient (Wildman–Crippen LogP) is 3.86. The smallest absolute Gasteiger partial charge is 0.124 e. The van der Waals surface area contributed by atoms with Crippen molar-refractivity contribution in [3.8, 4) is 0 Å². The van der Waals surface area contributed by atoms with Crippen LogP contribution in [0.1, 0.15) is 17.2 Å². The third kappa shape index (κ3) is 3.49. The summed E-state index contributed by atoms with van der Waals surface area (Å²) in [6.07, 6.45) is 3.20. The van der Waals surface area contributed by atoms with Crippen LogP contribution in [-0.4, -0.2) is 10.1 Å². The maximum absolute atomic E-state index is 13.0. The van der Waals surface area contributed by atoms with Crippen LogP contribution in [-0.2, 0) is 6.42 Å². The molecule has 0 amide bonds. The molecule has 0 aliphatic carbocycles. The first-order chi connectivity index (χ1) is 8.56. The van der Waals surface area contributed by atoms with Gasteiger partial charge in [0.1, 0.15) is 5.82 Å². The zero-order valence-corrected chi connectivity index (χ0v) is 13.0. The van der Waals surface area contributed by atoms with Gasteiger partial charge in [0.15, 0.2) is 0 Å². The summed E-state index contributed by atoms with van der Waals surface area (Å²) < 4.78 is 14.6. The van der Waals surface area contributed by atoms with E-state index >= 15 is 0 Å². The van der Waals surface area contributed by atoms with Gasteiger partial charge in [0.25, 0.3) is 0 Å². The predicted molar refractivity (Wildman–Crippen MR) is 79.7 cm³/mol. The summed E-state index contributed by atoms with van der Waals surface area (Å²) in [4.78, 5) is 4.05. The molecule has 18 heavy (non-hydrogen) atoms. The van der Waals surface area contributed by atoms with Gasteiger partial charge >= 0.3 is 0 Å². The van der Waals surface area contributed by atoms with Crippen LogP contribution >= 0.6 is 38.5 Å². The maximum Gasteiger partial charge on any atom is 0.124 e. The first-order valence-corrected chi connectivity index (χ1v) is 7.16. The Kier molecular flexibility index (Phi) is 4.69. The van der Waals surface area contributed by atoms with Gasteiger partial charge < -0.3 is 5.11 Å². The van der Waals surface area contributed by atoms with Crippen LogP contribution in [0.3, 0.4) is 0 Å². The number of pyridine rings is 1. The van der Waals surface area contributed by atoms with Crippen LogP contribution in [0.5, 0.6) is 0 Å². The molecule has 1 heterocycles. The Hall–Kier alpha value is -0.530. The fraction of sp³-hybridized carbons (Fsp3) is 0.154. The Morgan fingerprint density at radius 3 is 2.78 bits per heavy atom. The van der Waals surface area contributed by atoms with Crippen molar-refractivity contribution in [1.29, 1.82) is 0 Å². The van der Waals surface area contributed by atoms with E-state index in [4.69, 9.17) is 0 Å². The second-order valence-corrected chi connectivity index (χ2v) is 5.98. The molecule has 2 nitrogen and oxygen atoms in total. The topological polar surface area (TPSA) is 33.1 Å². The molecule has 0 aliphatic heterocycles. The molecule has 0 fully saturated rings. The highest BCUT2D eigenvalue weighted by molar-refractivity contribution is 14.1. The van der Waals surface area contributed by atoms with Crippen LogP contribution in [0.15, 0.2) is 41.1 Å². The van der Waals surface area contributed by atoms with E-state index in [-0.39, 0.29) is 5.82 Å². The van der Waals surface area contributed by atoms with Crippen LogP contribution in [0.25, 0.3) is 0 Å². The van der Waals surface area contributed by atoms with Gasteiger partial charge in [0.2, 0.25) is 0 Å². The minimum Gasteiger partial charge on any atom is -0.388 e. The van der Waals surface area contributed by atoms with E-state index in [9.17, 15) is 9.50 Å². The highest BCUT2D eigenvalue weighted by atomic mass is 127. The molecule has 1 aromatic carbocycles. The molecule has 0 aliphatic rings. The zero-order valence-electron chi connectivity index (χ0n) is 9.28. The lowest BCUT2D eigenvalue weighted by Crippen LogP contribution is -2.04. The minimum absolute atomic E-state index is 0.292. The molecule has 5 heteroatoms. The van der Waals surface area contributed by atoms with Crippen LogP contribution in [0, 0.1) is 9.39 Å². The number of nitrogens with zero attached hydrogens (tertiary/aromatic N) is 1. The number of halogens is 3. The Morgan fingerprint density at radius 1 is 1.33 bits per heavy atom. The molecular weight excluding hydrogens is 412 g/mol. The van der Waals surface area contributed by atoms with Crippen molar-refractivity contribution < 1.29 is 9.50 Å². The Morgan fingerprint density at radius 2 is 2.11 bits per heavy atom. The number of hydrogen-bond donors (Lipinski definition) is 1. The number of aromatic nitrogens is 1. The molecule has 1 unspecified atom stereocenters. The van der Waals surface area contributed by atoms with E-state index in [2.05, 4.69) is 20.9 Å². The monoisotopic (exact) mass is 421 g/mol. The highest BCUT2D eigenvalue weighted by Gasteiger charge is 2.13. The molecule has 0 spiro atoms. The van der Waals surface area contributed by atoms with Gasteiger partial charge in [-0.15, -0.1) is 0 Å². The standard InChI is InChI=1S/C13H10BrFINO/c14-9-3-8(6-17-7-9)4-13(18)11-2-1-10(15)5-12(11)16/h1-3,5-7,13,18H,4H2. The molecule has 94 valence electrons. The Balaban J connectivity index is 2.19. The van der Waals surface area contributed by atoms with Gasteiger partial charge in [-0.05, 0) is 67.8 Å². The average Bonchev–Trinajstić information content (AvgIpc) is 2.28. The quantitative estimate of drug-likeness (QED) is 0.763. The lowest BCUT2D eigenvalue weighted by atomic mass is 10.0. The SMILES string of the molecule is OC(Cc1cncc(Br)c1)c1ccc(F)cc1I. The van der Waals surface area contributed by atoms with E-state index in [0.29, 0.717) is 6.42 Å². The molecule has 0 saturated carbocycles. The summed E-state index contributed by atoms with van der Waals surface area (Å²) >= 11 is 5.36. The fourth-order valence-electron chi connectivity index (χ4n) is 1.67. The van der Waals surface area contributed by atoms with E-state index in [1.165, 1.54) is 12.1 Å². The minimum atomic E-state index is -0.659. The van der Waals surface area contributed by atoms with E-state index in [1.54, 1.807) is 18.5 Å². The molecular formula is C13H10BrFINO. The number of aliphatic hydroxyl groups is 1. The fourth-order valence-corrected chi connectivity index (χ4v) is 2.92. The number of rotatable bonds is 3. The van der Waals surface area contributed by atoms with Gasteiger partial charge in [-0.1, -0.05) is 6.07 Å². The van der Waals surface area contributed by atoms with Crippen LogP contribution in [0.4, 0.5) is 4.39 Å². The van der Waals surface area contributed by atoms with Gasteiger partial charge in [0.05, 0.1) is 6.10 Å². The molecule has 0 radical (unpaired) electrons. The van der Waals surface area contributed by atoms with Crippen LogP contribution < -0.4 is 0 Å². The van der Waals surface area contributed by atoms with Gasteiger partial charge in [-0.2, -0.15) is 0 Å². The Bertz CT molecular complexity index is 564. The third-order valence-electron chi connectivity index (χ3n) is 2.51. The van der Waals surface area contributed by atoms with Crippen LogP contribution in [0.2, 0.25) is 0 Å². The molecule has 2 aromatic rings. The summed E-state index contributed by atoms with van der Waals surface area (Å²) in [5.41, 5.74) is 1.66. The first kappa shape index (κ1) is 13.9. The van der Waals surface area contributed by atoms with Crippen molar-refractivity contribution in [3.05, 3.63) is 61.6 Å². The lowest BCUT2D eigenvalue weighted by molar-refractivity contribution is 0.177. The summed E-state index contributed by atoms with van der Waals surface area (Å²) in [5.74, 6) is -0.292. The molecule has 0 bridgehead atoms. The van der Waals surface area contributed by atoms with Crippen molar-refractivity contribution in [1.82, 2.24) is 4.98 Å². The van der Waals surface area contributed by atoms with Crippen molar-refractivity contribution in [3.63, 3.8) is 0 Å². The molecule has 1 N–H and O–H groups in total. The summed E-state index contributed by atoms with van der Waals surface area (Å²) in [5, 5.41) is 10.2. The number of aliphatic hydroxyl groups excluding tert-OH is 1. The van der Waals surface area contributed by atoms with E-state index < -0.39 is 6.10 Å². The molecule has 0 saturated heterocycles. The summed E-state index contributed by atoms with van der Waals surface area (Å²) in [7, 11) is 0. The lowest BCUT2D eigenvalue weighted by Gasteiger charge is -2.13. The van der Waals surface area contributed by atoms with Crippen molar-refractivity contribution in [2.24, 2.45) is 0 Å². The van der Waals surface area contributed by atoms with Gasteiger partial charge in [0, 0.05) is 26.9 Å². The molecule has 1 atom stereocenters. The largest absolute Gasteiger partial charge is 0.388 e. The average molecular weight is 422 g/mol. The molecule has 2 rings (SSSR count). The highest BCUT2D eigenvalue weighted by Crippen LogP contribution is 2.24. The summed E-state index contributed by atoms with van der Waals surface area (Å²) in [6, 6.07) is 6.30. The van der Waals surface area contributed by atoms with E-state index in [0.717, 1.165) is 19.2 Å². The number of hydrogen-bond acceptors (Lipinski definition) is 2. The molecule has 1 aromatic heterocycles. The number of benzene rings is 1. The second-order valence-electron chi connectivity index (χ2n) is 3.90. The van der Waals surface area contributed by atoms with Crippen molar-refractivity contribution in [2.75, 3.05) is 0 Å². The summed E-state index contributed by atoms with van der Waals surface area (Å²) in [6.45, 7) is 0. The van der Waals surface area contributed by atoms with Crippen molar-refractivity contribution in [2.45, 2.75) is 12.5 Å². The Labute approximate surface area is 127 Å². The van der Waals surface area contributed by atoms with E-state index in [1.807, 2.05) is 28.7 Å². The van der Waals surface area contributed by atoms with Crippen molar-refractivity contribution >= 4 is 38.5 Å². The van der Waals surface area contributed by atoms with Gasteiger partial charge in [-0.3, -0.25) is 4.98 Å². The maximum atomic E-state index is 13.0. The second kappa shape index (κ2) is 6.08. The van der Waals surface area contributed by atoms with Gasteiger partial charge in [-0.25, -0.2) is 4.39 Å². The third-order valence-corrected chi connectivity index (χ3v) is 3.88. The first-order valence-electron chi connectivity index (χ1n) is 5.28. The zero-order chi connectivity index (χ0) is 13.1.